The van der Waals surface area contributed by atoms with E-state index in [1.165, 1.54) is 12.3 Å². The van der Waals surface area contributed by atoms with Crippen LogP contribution in [-0.2, 0) is 4.79 Å². The van der Waals surface area contributed by atoms with Crippen molar-refractivity contribution in [3.63, 3.8) is 0 Å². The molecule has 0 radical (unpaired) electrons. The van der Waals surface area contributed by atoms with Crippen LogP contribution in [-0.4, -0.2) is 48.3 Å². The molecule has 2 aromatic rings. The van der Waals surface area contributed by atoms with E-state index in [1.807, 2.05) is 19.0 Å². The van der Waals surface area contributed by atoms with Crippen molar-refractivity contribution in [2.24, 2.45) is 0 Å². The van der Waals surface area contributed by atoms with Crippen molar-refractivity contribution in [1.29, 1.82) is 0 Å². The van der Waals surface area contributed by atoms with Gasteiger partial charge in [-0.25, -0.2) is 0 Å². The van der Waals surface area contributed by atoms with E-state index in [-0.39, 0.29) is 0 Å². The summed E-state index contributed by atoms with van der Waals surface area (Å²) in [7, 11) is 3.77. The Kier molecular flexibility index (Phi) is 6.66. The molecule has 7 heteroatoms. The Hall–Kier alpha value is -2.25. The lowest BCUT2D eigenvalue weighted by molar-refractivity contribution is -0.123. The van der Waals surface area contributed by atoms with E-state index in [0.717, 1.165) is 9.04 Å². The number of ketones is 1. The summed E-state index contributed by atoms with van der Waals surface area (Å²) in [6.07, 6.45) is 1.45. The second-order valence-electron chi connectivity index (χ2n) is 5.81. The Morgan fingerprint density at radius 1 is 1.16 bits per heavy atom. The smallest absolute Gasteiger partial charge is 0.251 e. The minimum absolute atomic E-state index is 0.367. The van der Waals surface area contributed by atoms with Crippen LogP contribution >= 0.6 is 15.9 Å². The molecule has 0 saturated carbocycles. The molecule has 6 nitrogen and oxygen atoms in total. The molecule has 0 aliphatic carbocycles. The number of hydrogen-bond donors (Lipinski definition) is 1. The number of hydrogen-bond acceptors (Lipinski definition) is 4. The molecule has 0 spiro atoms. The molecule has 0 fully saturated rings. The van der Waals surface area contributed by atoms with Crippen molar-refractivity contribution in [1.82, 2.24) is 14.8 Å². The summed E-state index contributed by atoms with van der Waals surface area (Å²) in [5.74, 6) is -0.925. The first-order chi connectivity index (χ1) is 11.9. The van der Waals surface area contributed by atoms with Crippen LogP contribution in [0.25, 0.3) is 0 Å². The fraction of sp³-hybridized carbons (Fsp3) is 0.278. The molecule has 25 heavy (non-hydrogen) atoms. The van der Waals surface area contributed by atoms with Gasteiger partial charge in [0.05, 0.1) is 0 Å². The lowest BCUT2D eigenvalue weighted by atomic mass is 10.0. The van der Waals surface area contributed by atoms with E-state index >= 15 is 0 Å². The van der Waals surface area contributed by atoms with Gasteiger partial charge >= 0.3 is 0 Å². The van der Waals surface area contributed by atoms with E-state index in [9.17, 15) is 14.4 Å². The van der Waals surface area contributed by atoms with Crippen molar-refractivity contribution in [3.8, 4) is 0 Å². The van der Waals surface area contributed by atoms with Crippen molar-refractivity contribution >= 4 is 27.6 Å². The highest BCUT2D eigenvalue weighted by Gasteiger charge is 2.29. The molecule has 1 amide bonds. The number of Topliss-reactive ketones (excluding diaryl/α,β-unsaturated/α-hetero) is 1. The van der Waals surface area contributed by atoms with Gasteiger partial charge in [-0.2, -0.15) is 0 Å². The average Bonchev–Trinajstić information content (AvgIpc) is 2.57. The molecule has 0 bridgehead atoms. The molecular weight excluding hydrogens is 386 g/mol. The average molecular weight is 406 g/mol. The highest BCUT2D eigenvalue weighted by atomic mass is 79.9. The van der Waals surface area contributed by atoms with Crippen molar-refractivity contribution in [3.05, 3.63) is 69.1 Å². The maximum atomic E-state index is 12.9. The zero-order valence-electron chi connectivity index (χ0n) is 14.1. The van der Waals surface area contributed by atoms with E-state index in [0.29, 0.717) is 18.7 Å². The number of rotatable bonds is 7. The number of carbonyl (C=O) groups excluding carboxylic acids is 2. The molecule has 0 aliphatic rings. The lowest BCUT2D eigenvalue weighted by Crippen LogP contribution is -2.43. The van der Waals surface area contributed by atoms with Crippen LogP contribution in [0.2, 0.25) is 0 Å². The quantitative estimate of drug-likeness (QED) is 0.562. The molecule has 1 aromatic heterocycles. The standard InChI is InChI=1S/C18H20BrN3O3/c1-21(2)12-10-20-18(25)16(22-11-4-3-5-15(22)23)17(24)13-6-8-14(19)9-7-13/h3-9,11,16H,10,12H2,1-2H3,(H,20,25). The topological polar surface area (TPSA) is 71.4 Å². The van der Waals surface area contributed by atoms with Crippen LogP contribution in [0.5, 0.6) is 0 Å². The van der Waals surface area contributed by atoms with Gasteiger partial charge in [-0.05, 0) is 32.3 Å². The molecule has 2 rings (SSSR count). The summed E-state index contributed by atoms with van der Waals surface area (Å²) in [6.45, 7) is 1.02. The largest absolute Gasteiger partial charge is 0.353 e. The van der Waals surface area contributed by atoms with Crippen molar-refractivity contribution in [2.45, 2.75) is 6.04 Å². The van der Waals surface area contributed by atoms with Gasteiger partial charge in [-0.15, -0.1) is 0 Å². The zero-order chi connectivity index (χ0) is 18.4. The number of amides is 1. The molecular formula is C18H20BrN3O3. The number of likely N-dealkylation sites (N-methyl/N-ethyl adjacent to an activating group) is 1. The summed E-state index contributed by atoms with van der Waals surface area (Å²) in [4.78, 5) is 39.6. The zero-order valence-corrected chi connectivity index (χ0v) is 15.7. The molecule has 0 saturated heterocycles. The van der Waals surface area contributed by atoms with E-state index < -0.39 is 23.3 Å². The second kappa shape index (κ2) is 8.73. The number of carbonyl (C=O) groups is 2. The van der Waals surface area contributed by atoms with E-state index in [4.69, 9.17) is 0 Å². The number of benzene rings is 1. The first-order valence-corrected chi connectivity index (χ1v) is 8.59. The SMILES string of the molecule is CN(C)CCNC(=O)C(C(=O)c1ccc(Br)cc1)n1ccccc1=O. The Labute approximate surface area is 154 Å². The molecule has 1 N–H and O–H groups in total. The summed E-state index contributed by atoms with van der Waals surface area (Å²) in [5, 5.41) is 2.73. The third-order valence-corrected chi connectivity index (χ3v) is 4.14. The fourth-order valence-electron chi connectivity index (χ4n) is 2.30. The van der Waals surface area contributed by atoms with Crippen LogP contribution in [0.1, 0.15) is 16.4 Å². The lowest BCUT2D eigenvalue weighted by Gasteiger charge is -2.19. The molecule has 132 valence electrons. The second-order valence-corrected chi connectivity index (χ2v) is 6.73. The van der Waals surface area contributed by atoms with Crippen LogP contribution in [0, 0.1) is 0 Å². The Morgan fingerprint density at radius 3 is 2.44 bits per heavy atom. The maximum absolute atomic E-state index is 12.9. The first kappa shape index (κ1) is 19.1. The van der Waals surface area contributed by atoms with Gasteiger partial charge in [0, 0.05) is 35.4 Å². The highest BCUT2D eigenvalue weighted by Crippen LogP contribution is 2.17. The van der Waals surface area contributed by atoms with Gasteiger partial charge in [0.1, 0.15) is 0 Å². The molecule has 1 heterocycles. The van der Waals surface area contributed by atoms with Gasteiger partial charge < -0.3 is 10.2 Å². The van der Waals surface area contributed by atoms with Crippen molar-refractivity contribution < 1.29 is 9.59 Å². The van der Waals surface area contributed by atoms with Gasteiger partial charge in [0.2, 0.25) is 0 Å². The predicted octanol–water partition coefficient (Wildman–Crippen LogP) is 1.71. The third kappa shape index (κ3) is 5.11. The minimum Gasteiger partial charge on any atom is -0.353 e. The molecule has 0 aliphatic heterocycles. The number of halogens is 1. The summed E-state index contributed by atoms with van der Waals surface area (Å²) >= 11 is 3.31. The highest BCUT2D eigenvalue weighted by molar-refractivity contribution is 9.10. The van der Waals surface area contributed by atoms with Gasteiger partial charge in [0.25, 0.3) is 11.5 Å². The van der Waals surface area contributed by atoms with Gasteiger partial charge in [0.15, 0.2) is 11.8 Å². The van der Waals surface area contributed by atoms with Crippen LogP contribution < -0.4 is 10.9 Å². The number of pyridine rings is 1. The third-order valence-electron chi connectivity index (χ3n) is 3.61. The van der Waals surface area contributed by atoms with Crippen LogP contribution in [0.3, 0.4) is 0 Å². The van der Waals surface area contributed by atoms with E-state index in [1.54, 1.807) is 36.4 Å². The summed E-state index contributed by atoms with van der Waals surface area (Å²) in [5.41, 5.74) is -0.0348. The number of aromatic nitrogens is 1. The van der Waals surface area contributed by atoms with E-state index in [2.05, 4.69) is 21.2 Å². The normalized spacial score (nSPS) is 12.0. The first-order valence-electron chi connectivity index (χ1n) is 7.79. The predicted molar refractivity (Wildman–Crippen MR) is 99.8 cm³/mol. The Bertz CT molecular complexity index is 800. The van der Waals surface area contributed by atoms with Gasteiger partial charge in [-0.3, -0.25) is 19.0 Å². The molecule has 1 unspecified atom stereocenters. The summed E-state index contributed by atoms with van der Waals surface area (Å²) in [6, 6.07) is 9.98. The summed E-state index contributed by atoms with van der Waals surface area (Å²) < 4.78 is 1.99. The minimum atomic E-state index is -1.24. The maximum Gasteiger partial charge on any atom is 0.251 e. The van der Waals surface area contributed by atoms with Crippen molar-refractivity contribution in [2.75, 3.05) is 27.2 Å². The van der Waals surface area contributed by atoms with Gasteiger partial charge in [-0.1, -0.05) is 34.1 Å². The molecule has 1 aromatic carbocycles. The van der Waals surface area contributed by atoms with Crippen LogP contribution in [0.4, 0.5) is 0 Å². The Balaban J connectivity index is 2.33. The number of nitrogens with one attached hydrogen (secondary N) is 1. The fourth-order valence-corrected chi connectivity index (χ4v) is 2.56. The Morgan fingerprint density at radius 2 is 1.84 bits per heavy atom. The monoisotopic (exact) mass is 405 g/mol. The molecule has 1 atom stereocenters. The number of nitrogens with zero attached hydrogens (tertiary/aromatic N) is 2. The van der Waals surface area contributed by atoms with Crippen LogP contribution in [0.15, 0.2) is 57.9 Å².